The van der Waals surface area contributed by atoms with Crippen molar-refractivity contribution in [2.45, 2.75) is 41.5 Å². The van der Waals surface area contributed by atoms with Gasteiger partial charge in [-0.1, -0.05) is 52.4 Å². The zero-order valence-electron chi connectivity index (χ0n) is 13.8. The Labute approximate surface area is 142 Å². The van der Waals surface area contributed by atoms with E-state index in [0.29, 0.717) is 0 Å². The number of aryl methyl sites for hydroxylation is 1. The number of halogens is 1. The molecule has 1 heteroatoms. The number of hydrogen-bond donors (Lipinski definition) is 0. The summed E-state index contributed by atoms with van der Waals surface area (Å²) in [6.07, 6.45) is 0. The van der Waals surface area contributed by atoms with E-state index in [2.05, 4.69) is 92.5 Å². The van der Waals surface area contributed by atoms with Gasteiger partial charge in [-0.05, 0) is 90.1 Å². The maximum atomic E-state index is 2.37. The van der Waals surface area contributed by atoms with Gasteiger partial charge in [0.2, 0.25) is 0 Å². The van der Waals surface area contributed by atoms with Gasteiger partial charge in [0.1, 0.15) is 0 Å². The zero-order valence-corrected chi connectivity index (χ0v) is 15.9. The smallest absolute Gasteiger partial charge is 0.00452 e. The van der Waals surface area contributed by atoms with Gasteiger partial charge in [0, 0.05) is 0 Å². The summed E-state index contributed by atoms with van der Waals surface area (Å²) in [5.74, 6) is 0. The van der Waals surface area contributed by atoms with E-state index >= 15 is 0 Å². The van der Waals surface area contributed by atoms with Crippen molar-refractivity contribution in [3.8, 4) is 0 Å². The van der Waals surface area contributed by atoms with E-state index in [9.17, 15) is 0 Å². The third kappa shape index (κ3) is 2.94. The van der Waals surface area contributed by atoms with E-state index in [4.69, 9.17) is 0 Å². The Bertz CT molecular complexity index is 675. The first-order valence-corrected chi connectivity index (χ1v) is 8.57. The molecule has 0 saturated heterocycles. The van der Waals surface area contributed by atoms with E-state index in [1.54, 1.807) is 0 Å². The van der Waals surface area contributed by atoms with Crippen LogP contribution in [0.25, 0.3) is 5.57 Å². The maximum Gasteiger partial charge on any atom is -0.00452 e. The van der Waals surface area contributed by atoms with Crippen LogP contribution in [0.15, 0.2) is 28.3 Å². The molecule has 0 saturated carbocycles. The minimum absolute atomic E-state index is 1.30. The van der Waals surface area contributed by atoms with Gasteiger partial charge in [0.25, 0.3) is 0 Å². The summed E-state index contributed by atoms with van der Waals surface area (Å²) in [5, 5.41) is 0. The lowest BCUT2D eigenvalue weighted by Crippen LogP contribution is -2.03. The Morgan fingerprint density at radius 2 is 1.14 bits per heavy atom. The fraction of sp³-hybridized carbons (Fsp3) is 0.300. The molecule has 0 aliphatic heterocycles. The Morgan fingerprint density at radius 3 is 1.57 bits per heavy atom. The van der Waals surface area contributed by atoms with Crippen LogP contribution in [0, 0.1) is 41.5 Å². The SMILES string of the molecule is Cc1ccc(/C(=C/I)c2c(C)c(C)c(C)c(C)c2C)cc1. The second-order valence-electron chi connectivity index (χ2n) is 5.89. The topological polar surface area (TPSA) is 0 Å². The van der Waals surface area contributed by atoms with Crippen molar-refractivity contribution in [2.24, 2.45) is 0 Å². The molecule has 0 amide bonds. The zero-order chi connectivity index (χ0) is 15.7. The molecule has 0 unspecified atom stereocenters. The molecule has 0 atom stereocenters. The van der Waals surface area contributed by atoms with Crippen LogP contribution in [0.1, 0.15) is 44.5 Å². The fourth-order valence-electron chi connectivity index (χ4n) is 2.90. The van der Waals surface area contributed by atoms with Crippen molar-refractivity contribution in [1.82, 2.24) is 0 Å². The molecular weight excluding hydrogens is 367 g/mol. The lowest BCUT2D eigenvalue weighted by atomic mass is 9.84. The average molecular weight is 390 g/mol. The molecular formula is C20H23I. The number of hydrogen-bond acceptors (Lipinski definition) is 0. The molecule has 0 fully saturated rings. The Balaban J connectivity index is 2.72. The van der Waals surface area contributed by atoms with Crippen LogP contribution in [0.3, 0.4) is 0 Å². The van der Waals surface area contributed by atoms with Crippen LogP contribution in [-0.2, 0) is 0 Å². The van der Waals surface area contributed by atoms with Crippen molar-refractivity contribution in [3.63, 3.8) is 0 Å². The van der Waals surface area contributed by atoms with E-state index in [1.807, 2.05) is 0 Å². The molecule has 0 nitrogen and oxygen atoms in total. The first kappa shape index (κ1) is 16.3. The van der Waals surface area contributed by atoms with Crippen molar-refractivity contribution in [2.75, 3.05) is 0 Å². The van der Waals surface area contributed by atoms with E-state index in [0.717, 1.165) is 0 Å². The van der Waals surface area contributed by atoms with Gasteiger partial charge >= 0.3 is 0 Å². The minimum Gasteiger partial charge on any atom is -0.0587 e. The lowest BCUT2D eigenvalue weighted by molar-refractivity contribution is 1.16. The molecule has 0 heterocycles. The first-order valence-electron chi connectivity index (χ1n) is 7.33. The average Bonchev–Trinajstić information content (AvgIpc) is 2.49. The van der Waals surface area contributed by atoms with Crippen LogP contribution in [0.2, 0.25) is 0 Å². The standard InChI is InChI=1S/C20H23I/c1-12-7-9-18(10-8-12)19(11-21)20-16(5)14(3)13(2)15(4)17(20)6/h7-11H,1-6H3/b19-11-. The van der Waals surface area contributed by atoms with E-state index in [1.165, 1.54) is 50.1 Å². The van der Waals surface area contributed by atoms with Crippen molar-refractivity contribution in [1.29, 1.82) is 0 Å². The molecule has 0 aliphatic rings. The summed E-state index contributed by atoms with van der Waals surface area (Å²) in [6, 6.07) is 8.83. The molecule has 2 aromatic carbocycles. The fourth-order valence-corrected chi connectivity index (χ4v) is 3.57. The number of rotatable bonds is 2. The van der Waals surface area contributed by atoms with Gasteiger partial charge in [-0.15, -0.1) is 0 Å². The highest BCUT2D eigenvalue weighted by Crippen LogP contribution is 2.35. The third-order valence-electron chi connectivity index (χ3n) is 4.74. The van der Waals surface area contributed by atoms with Crippen LogP contribution in [0.4, 0.5) is 0 Å². The molecule has 0 bridgehead atoms. The summed E-state index contributed by atoms with van der Waals surface area (Å²) in [4.78, 5) is 0. The summed E-state index contributed by atoms with van der Waals surface area (Å²) in [6.45, 7) is 13.3. The van der Waals surface area contributed by atoms with Gasteiger partial charge in [0.15, 0.2) is 0 Å². The Hall–Kier alpha value is -1.09. The molecule has 0 radical (unpaired) electrons. The van der Waals surface area contributed by atoms with Crippen LogP contribution < -0.4 is 0 Å². The molecule has 0 spiro atoms. The Kier molecular flexibility index (Phi) is 4.92. The van der Waals surface area contributed by atoms with Crippen LogP contribution in [0.5, 0.6) is 0 Å². The summed E-state index contributed by atoms with van der Waals surface area (Å²) < 4.78 is 2.21. The third-order valence-corrected chi connectivity index (χ3v) is 5.36. The molecule has 2 rings (SSSR count). The van der Waals surface area contributed by atoms with Crippen LogP contribution >= 0.6 is 22.6 Å². The highest BCUT2D eigenvalue weighted by atomic mass is 127. The van der Waals surface area contributed by atoms with Gasteiger partial charge in [-0.2, -0.15) is 0 Å². The lowest BCUT2D eigenvalue weighted by Gasteiger charge is -2.21. The Morgan fingerprint density at radius 1 is 0.714 bits per heavy atom. The van der Waals surface area contributed by atoms with Crippen molar-refractivity contribution < 1.29 is 0 Å². The summed E-state index contributed by atoms with van der Waals surface area (Å²) in [7, 11) is 0. The number of benzene rings is 2. The quantitative estimate of drug-likeness (QED) is 0.524. The predicted octanol–water partition coefficient (Wildman–Crippen LogP) is 6.36. The minimum atomic E-state index is 1.30. The van der Waals surface area contributed by atoms with Gasteiger partial charge in [0.05, 0.1) is 0 Å². The van der Waals surface area contributed by atoms with Gasteiger partial charge in [-0.25, -0.2) is 0 Å². The van der Waals surface area contributed by atoms with Crippen LogP contribution in [-0.4, -0.2) is 0 Å². The molecule has 21 heavy (non-hydrogen) atoms. The largest absolute Gasteiger partial charge is 0.0587 e. The first-order chi connectivity index (χ1) is 9.88. The highest BCUT2D eigenvalue weighted by molar-refractivity contribution is 14.1. The van der Waals surface area contributed by atoms with E-state index in [-0.39, 0.29) is 0 Å². The van der Waals surface area contributed by atoms with Crippen molar-refractivity contribution >= 4 is 28.2 Å². The van der Waals surface area contributed by atoms with Crippen molar-refractivity contribution in [3.05, 3.63) is 72.9 Å². The monoisotopic (exact) mass is 390 g/mol. The van der Waals surface area contributed by atoms with E-state index < -0.39 is 0 Å². The van der Waals surface area contributed by atoms with Gasteiger partial charge < -0.3 is 0 Å². The summed E-state index contributed by atoms with van der Waals surface area (Å²) in [5.41, 5.74) is 12.4. The second kappa shape index (κ2) is 6.35. The summed E-state index contributed by atoms with van der Waals surface area (Å²) >= 11 is 2.37. The molecule has 2 aromatic rings. The molecule has 110 valence electrons. The molecule has 0 aromatic heterocycles. The van der Waals surface area contributed by atoms with Gasteiger partial charge in [-0.3, -0.25) is 0 Å². The molecule has 0 aliphatic carbocycles. The maximum absolute atomic E-state index is 2.37. The normalized spacial score (nSPS) is 11.9. The second-order valence-corrected chi connectivity index (χ2v) is 6.51. The highest BCUT2D eigenvalue weighted by Gasteiger charge is 2.16. The predicted molar refractivity (Wildman–Crippen MR) is 102 cm³/mol. The molecule has 0 N–H and O–H groups in total.